The number of carbonyl (C=O) groups excluding carboxylic acids is 1. The number of aliphatic hydroxyl groups is 1. The minimum absolute atomic E-state index is 0.0994. The zero-order valence-corrected chi connectivity index (χ0v) is 12.5. The van der Waals surface area contributed by atoms with Gasteiger partial charge in [0.2, 0.25) is 5.91 Å². The highest BCUT2D eigenvalue weighted by Crippen LogP contribution is 2.40. The highest BCUT2D eigenvalue weighted by molar-refractivity contribution is 5.79. The van der Waals surface area contributed by atoms with Gasteiger partial charge in [0.1, 0.15) is 0 Å². The first-order chi connectivity index (χ1) is 8.84. The average molecular weight is 295 g/mol. The van der Waals surface area contributed by atoms with E-state index in [-0.39, 0.29) is 12.8 Å². The Morgan fingerprint density at radius 3 is 2.15 bits per heavy atom. The molecule has 1 aliphatic carbocycles. The molecule has 1 amide bonds. The average Bonchev–Trinajstić information content (AvgIpc) is 2.26. The zero-order chi connectivity index (χ0) is 15.8. The van der Waals surface area contributed by atoms with Crippen molar-refractivity contribution in [2.45, 2.75) is 70.7 Å². The largest absolute Gasteiger partial charge is 0.391 e. The summed E-state index contributed by atoms with van der Waals surface area (Å²) in [5, 5.41) is 12.7. The topological polar surface area (TPSA) is 49.3 Å². The summed E-state index contributed by atoms with van der Waals surface area (Å²) in [6.45, 7) is 6.45. The van der Waals surface area contributed by atoms with Gasteiger partial charge >= 0.3 is 6.18 Å². The first-order valence-electron chi connectivity index (χ1n) is 6.96. The van der Waals surface area contributed by atoms with Crippen molar-refractivity contribution in [3.8, 4) is 0 Å². The van der Waals surface area contributed by atoms with Gasteiger partial charge < -0.3 is 10.4 Å². The van der Waals surface area contributed by atoms with E-state index < -0.39 is 35.1 Å². The van der Waals surface area contributed by atoms with Crippen LogP contribution in [0.5, 0.6) is 0 Å². The van der Waals surface area contributed by atoms with Crippen LogP contribution < -0.4 is 5.32 Å². The van der Waals surface area contributed by atoms with Gasteiger partial charge in [0, 0.05) is 5.92 Å². The molecule has 1 rings (SSSR count). The van der Waals surface area contributed by atoms with Gasteiger partial charge in [-0.15, -0.1) is 0 Å². The fourth-order valence-electron chi connectivity index (χ4n) is 2.29. The first kappa shape index (κ1) is 17.3. The molecule has 2 unspecified atom stereocenters. The lowest BCUT2D eigenvalue weighted by Crippen LogP contribution is -2.59. The number of rotatable bonds is 3. The molecule has 3 nitrogen and oxygen atoms in total. The molecule has 20 heavy (non-hydrogen) atoms. The summed E-state index contributed by atoms with van der Waals surface area (Å²) in [6, 6.07) is 0. The van der Waals surface area contributed by atoms with Crippen molar-refractivity contribution in [3.63, 3.8) is 0 Å². The van der Waals surface area contributed by atoms with Gasteiger partial charge in [-0.1, -0.05) is 6.42 Å². The number of nitrogens with one attached hydrogen (secondary N) is 1. The molecule has 0 heterocycles. The standard InChI is InChI=1S/C14H24F3NO2/c1-12(2,13(3,4)20)18-11(19)9-6-5-7-10(8-9)14(15,16)17/h9-10,20H,5-8H2,1-4H3,(H,18,19). The van der Waals surface area contributed by atoms with Crippen LogP contribution in [0.3, 0.4) is 0 Å². The van der Waals surface area contributed by atoms with E-state index in [9.17, 15) is 23.1 Å². The van der Waals surface area contributed by atoms with Crippen LogP contribution in [0.2, 0.25) is 0 Å². The van der Waals surface area contributed by atoms with E-state index in [1.165, 1.54) is 0 Å². The lowest BCUT2D eigenvalue weighted by molar-refractivity contribution is -0.186. The monoisotopic (exact) mass is 295 g/mol. The molecule has 0 aliphatic heterocycles. The first-order valence-corrected chi connectivity index (χ1v) is 6.96. The molecule has 0 bridgehead atoms. The maximum atomic E-state index is 12.7. The van der Waals surface area contributed by atoms with Gasteiger partial charge in [0.05, 0.1) is 17.1 Å². The number of hydrogen-bond donors (Lipinski definition) is 2. The van der Waals surface area contributed by atoms with E-state index >= 15 is 0 Å². The van der Waals surface area contributed by atoms with Crippen LogP contribution in [0.1, 0.15) is 53.4 Å². The van der Waals surface area contributed by atoms with E-state index in [0.29, 0.717) is 12.8 Å². The highest BCUT2D eigenvalue weighted by Gasteiger charge is 2.45. The van der Waals surface area contributed by atoms with Crippen molar-refractivity contribution in [3.05, 3.63) is 0 Å². The van der Waals surface area contributed by atoms with Crippen LogP contribution in [0.4, 0.5) is 13.2 Å². The molecule has 6 heteroatoms. The molecule has 118 valence electrons. The molecule has 0 aromatic heterocycles. The lowest BCUT2D eigenvalue weighted by atomic mass is 9.79. The van der Waals surface area contributed by atoms with Crippen molar-refractivity contribution in [1.29, 1.82) is 0 Å². The van der Waals surface area contributed by atoms with Gasteiger partial charge in [-0.25, -0.2) is 0 Å². The summed E-state index contributed by atoms with van der Waals surface area (Å²) in [4.78, 5) is 12.1. The summed E-state index contributed by atoms with van der Waals surface area (Å²) in [6.07, 6.45) is -3.41. The van der Waals surface area contributed by atoms with Gasteiger partial charge in [0.25, 0.3) is 0 Å². The Kier molecular flexibility index (Phi) is 4.79. The predicted octanol–water partition coefficient (Wildman–Crippen LogP) is 3.02. The molecule has 0 saturated heterocycles. The SMILES string of the molecule is CC(C)(O)C(C)(C)NC(=O)C1CCCC(C(F)(F)F)C1. The number of carbonyl (C=O) groups is 1. The van der Waals surface area contributed by atoms with E-state index in [0.717, 1.165) is 0 Å². The number of hydrogen-bond acceptors (Lipinski definition) is 2. The van der Waals surface area contributed by atoms with Gasteiger partial charge in [-0.05, 0) is 47.0 Å². The molecule has 1 fully saturated rings. The molecule has 2 N–H and O–H groups in total. The summed E-state index contributed by atoms with van der Waals surface area (Å²) >= 11 is 0. The second kappa shape index (κ2) is 5.54. The maximum Gasteiger partial charge on any atom is 0.391 e. The van der Waals surface area contributed by atoms with Crippen LogP contribution in [0.15, 0.2) is 0 Å². The number of amides is 1. The van der Waals surface area contributed by atoms with Gasteiger partial charge in [-0.2, -0.15) is 13.2 Å². The zero-order valence-electron chi connectivity index (χ0n) is 12.5. The molecule has 0 spiro atoms. The van der Waals surface area contributed by atoms with Gasteiger partial charge in [-0.3, -0.25) is 4.79 Å². The van der Waals surface area contributed by atoms with E-state index in [1.807, 2.05) is 0 Å². The Balaban J connectivity index is 2.69. The Morgan fingerprint density at radius 2 is 1.70 bits per heavy atom. The normalized spacial score (nSPS) is 25.4. The fourth-order valence-corrected chi connectivity index (χ4v) is 2.29. The number of alkyl halides is 3. The van der Waals surface area contributed by atoms with Crippen LogP contribution in [0, 0.1) is 11.8 Å². The summed E-state index contributed by atoms with van der Waals surface area (Å²) in [5.74, 6) is -2.42. The predicted molar refractivity (Wildman–Crippen MR) is 70.0 cm³/mol. The van der Waals surface area contributed by atoms with Gasteiger partial charge in [0.15, 0.2) is 0 Å². The smallest absolute Gasteiger partial charge is 0.388 e. The van der Waals surface area contributed by atoms with E-state index in [1.54, 1.807) is 27.7 Å². The minimum Gasteiger partial charge on any atom is -0.388 e. The van der Waals surface area contributed by atoms with E-state index in [4.69, 9.17) is 0 Å². The summed E-state index contributed by atoms with van der Waals surface area (Å²) in [5.41, 5.74) is -2.05. The van der Waals surface area contributed by atoms with E-state index in [2.05, 4.69) is 5.32 Å². The Hall–Kier alpha value is -0.780. The highest BCUT2D eigenvalue weighted by atomic mass is 19.4. The molecule has 1 aliphatic rings. The third kappa shape index (κ3) is 4.11. The Bertz CT molecular complexity index is 358. The lowest BCUT2D eigenvalue weighted by Gasteiger charge is -2.40. The molecule has 2 atom stereocenters. The Labute approximate surface area is 117 Å². The molecular weight excluding hydrogens is 271 g/mol. The van der Waals surface area contributed by atoms with Crippen molar-refractivity contribution in [2.75, 3.05) is 0 Å². The van der Waals surface area contributed by atoms with Crippen molar-refractivity contribution in [2.24, 2.45) is 11.8 Å². The van der Waals surface area contributed by atoms with Crippen LogP contribution in [-0.2, 0) is 4.79 Å². The van der Waals surface area contributed by atoms with Crippen molar-refractivity contribution in [1.82, 2.24) is 5.32 Å². The second-order valence-electron chi connectivity index (χ2n) is 6.78. The quantitative estimate of drug-likeness (QED) is 0.841. The molecule has 0 aromatic carbocycles. The third-order valence-electron chi connectivity index (χ3n) is 4.47. The molecule has 0 aromatic rings. The third-order valence-corrected chi connectivity index (χ3v) is 4.47. The fraction of sp³-hybridized carbons (Fsp3) is 0.929. The minimum atomic E-state index is -4.23. The second-order valence-corrected chi connectivity index (χ2v) is 6.78. The Morgan fingerprint density at radius 1 is 1.15 bits per heavy atom. The number of halogens is 3. The summed E-state index contributed by atoms with van der Waals surface area (Å²) < 4.78 is 38.2. The molecule has 1 saturated carbocycles. The van der Waals surface area contributed by atoms with Crippen molar-refractivity contribution >= 4 is 5.91 Å². The maximum absolute atomic E-state index is 12.7. The molecular formula is C14H24F3NO2. The molecule has 0 radical (unpaired) electrons. The van der Waals surface area contributed by atoms with Crippen LogP contribution in [0.25, 0.3) is 0 Å². The van der Waals surface area contributed by atoms with Crippen LogP contribution in [-0.4, -0.2) is 28.3 Å². The summed E-state index contributed by atoms with van der Waals surface area (Å²) in [7, 11) is 0. The van der Waals surface area contributed by atoms with Crippen molar-refractivity contribution < 1.29 is 23.1 Å². The van der Waals surface area contributed by atoms with Crippen LogP contribution >= 0.6 is 0 Å².